The Labute approximate surface area is 88.6 Å². The first-order chi connectivity index (χ1) is 6.77. The van der Waals surface area contributed by atoms with Crippen LogP contribution < -0.4 is 10.6 Å². The molecule has 0 aromatic carbocycles. The average molecular weight is 195 g/mol. The van der Waals surface area contributed by atoms with E-state index < -0.39 is 0 Å². The lowest BCUT2D eigenvalue weighted by molar-refractivity contribution is 1.21. The van der Waals surface area contributed by atoms with Crippen LogP contribution in [0, 0.1) is 6.92 Å². The fourth-order valence-corrected chi connectivity index (χ4v) is 1.11. The molecule has 0 aliphatic heterocycles. The minimum absolute atomic E-state index is 1.22. The van der Waals surface area contributed by atoms with E-state index in [0.29, 0.717) is 0 Å². The predicted molar refractivity (Wildman–Crippen MR) is 67.8 cm³/mol. The first kappa shape index (κ1) is 15.5. The Kier molecular flexibility index (Phi) is 11.2. The van der Waals surface area contributed by atoms with Crippen molar-refractivity contribution in [3.05, 3.63) is 22.3 Å². The molecule has 1 aromatic rings. The number of rotatable bonds is 0. The number of aromatic amines is 1. The maximum atomic E-state index is 3.26. The summed E-state index contributed by atoms with van der Waals surface area (Å²) in [6.45, 7) is 14.2. The second-order valence-electron chi connectivity index (χ2n) is 2.40. The van der Waals surface area contributed by atoms with Crippen molar-refractivity contribution in [3.8, 4) is 0 Å². The van der Waals surface area contributed by atoms with Gasteiger partial charge >= 0.3 is 0 Å². The first-order valence-corrected chi connectivity index (χ1v) is 5.56. The maximum absolute atomic E-state index is 3.26. The number of hydrogen-bond acceptors (Lipinski definition) is 0. The Balaban J connectivity index is 0. The third kappa shape index (κ3) is 4.90. The highest BCUT2D eigenvalue weighted by atomic mass is 14.7. The molecule has 1 heterocycles. The quantitative estimate of drug-likeness (QED) is 0.655. The maximum Gasteiger partial charge on any atom is 0.0409 e. The van der Waals surface area contributed by atoms with E-state index in [-0.39, 0.29) is 0 Å². The fourth-order valence-electron chi connectivity index (χ4n) is 1.11. The Morgan fingerprint density at radius 2 is 1.50 bits per heavy atom. The number of aromatic nitrogens is 1. The molecule has 14 heavy (non-hydrogen) atoms. The largest absolute Gasteiger partial charge is 0.359 e. The molecule has 1 rings (SSSR count). The van der Waals surface area contributed by atoms with Gasteiger partial charge in [-0.25, -0.2) is 0 Å². The lowest BCUT2D eigenvalue weighted by Crippen LogP contribution is -2.20. The molecule has 0 atom stereocenters. The lowest BCUT2D eigenvalue weighted by atomic mass is 10.3. The summed E-state index contributed by atoms with van der Waals surface area (Å²) in [4.78, 5) is 3.26. The van der Waals surface area contributed by atoms with Gasteiger partial charge in [-0.15, -0.1) is 0 Å². The van der Waals surface area contributed by atoms with Crippen molar-refractivity contribution in [1.82, 2.24) is 4.98 Å². The van der Waals surface area contributed by atoms with Crippen molar-refractivity contribution in [1.29, 1.82) is 0 Å². The van der Waals surface area contributed by atoms with Gasteiger partial charge < -0.3 is 4.98 Å². The van der Waals surface area contributed by atoms with Crippen LogP contribution in [0.5, 0.6) is 0 Å². The molecule has 1 N–H and O–H groups in total. The van der Waals surface area contributed by atoms with E-state index in [0.717, 1.165) is 0 Å². The second-order valence-corrected chi connectivity index (χ2v) is 2.40. The summed E-state index contributed by atoms with van der Waals surface area (Å²) in [7, 11) is 0. The molecule has 1 heteroatoms. The van der Waals surface area contributed by atoms with Crippen LogP contribution in [0.3, 0.4) is 0 Å². The molecule has 0 bridgehead atoms. The van der Waals surface area contributed by atoms with Crippen molar-refractivity contribution in [3.63, 3.8) is 0 Å². The van der Waals surface area contributed by atoms with Crippen molar-refractivity contribution >= 4 is 12.2 Å². The highest BCUT2D eigenvalue weighted by Crippen LogP contribution is 1.78. The summed E-state index contributed by atoms with van der Waals surface area (Å²) in [5, 5.41) is 2.51. The van der Waals surface area contributed by atoms with Gasteiger partial charge in [-0.1, -0.05) is 39.8 Å². The molecule has 0 unspecified atom stereocenters. The molecule has 1 aromatic heterocycles. The summed E-state index contributed by atoms with van der Waals surface area (Å²) in [5.74, 6) is 0. The molecule has 0 aliphatic rings. The van der Waals surface area contributed by atoms with Crippen molar-refractivity contribution in [2.45, 2.75) is 48.5 Å². The topological polar surface area (TPSA) is 15.8 Å². The second kappa shape index (κ2) is 10.1. The van der Waals surface area contributed by atoms with Crippen LogP contribution in [0.25, 0.3) is 12.2 Å². The standard InChI is InChI=1S/C9H13N.2C2H6/c1-4-8-6-7(3)10-9(8)5-2;2*1-2/h4-6,10H,1-3H3;2*1-2H3/b8-4-,9-5+;;. The Hall–Kier alpha value is -0.980. The zero-order valence-corrected chi connectivity index (χ0v) is 10.7. The highest BCUT2D eigenvalue weighted by molar-refractivity contribution is 5.27. The minimum atomic E-state index is 1.22. The number of aryl methyl sites for hydroxylation is 1. The predicted octanol–water partition coefficient (Wildman–Crippen LogP) is 2.98. The Morgan fingerprint density at radius 3 is 1.79 bits per heavy atom. The van der Waals surface area contributed by atoms with Gasteiger partial charge in [-0.2, -0.15) is 0 Å². The average Bonchev–Trinajstić information content (AvgIpc) is 2.64. The van der Waals surface area contributed by atoms with Crippen molar-refractivity contribution in [2.24, 2.45) is 0 Å². The molecule has 0 saturated carbocycles. The van der Waals surface area contributed by atoms with E-state index in [4.69, 9.17) is 0 Å². The summed E-state index contributed by atoms with van der Waals surface area (Å²) >= 11 is 0. The van der Waals surface area contributed by atoms with Gasteiger partial charge in [0.2, 0.25) is 0 Å². The molecule has 0 saturated heterocycles. The lowest BCUT2D eigenvalue weighted by Gasteiger charge is -1.75. The van der Waals surface area contributed by atoms with Gasteiger partial charge in [-0.3, -0.25) is 0 Å². The van der Waals surface area contributed by atoms with Gasteiger partial charge in [0, 0.05) is 11.0 Å². The minimum Gasteiger partial charge on any atom is -0.359 e. The van der Waals surface area contributed by atoms with Crippen molar-refractivity contribution < 1.29 is 0 Å². The molecular formula is C13H25N. The fraction of sp³-hybridized carbons (Fsp3) is 0.538. The first-order valence-electron chi connectivity index (χ1n) is 5.56. The highest BCUT2D eigenvalue weighted by Gasteiger charge is 1.86. The van der Waals surface area contributed by atoms with E-state index in [1.54, 1.807) is 0 Å². The smallest absolute Gasteiger partial charge is 0.0409 e. The summed E-state index contributed by atoms with van der Waals surface area (Å²) in [6, 6.07) is 2.15. The zero-order valence-electron chi connectivity index (χ0n) is 10.7. The van der Waals surface area contributed by atoms with Gasteiger partial charge in [0.1, 0.15) is 0 Å². The van der Waals surface area contributed by atoms with Crippen LogP contribution in [-0.2, 0) is 0 Å². The molecule has 82 valence electrons. The Morgan fingerprint density at radius 1 is 1.00 bits per heavy atom. The molecule has 0 fully saturated rings. The molecular weight excluding hydrogens is 170 g/mol. The van der Waals surface area contributed by atoms with Crippen LogP contribution in [0.4, 0.5) is 0 Å². The number of nitrogens with one attached hydrogen (secondary N) is 1. The van der Waals surface area contributed by atoms with Gasteiger partial charge in [-0.05, 0) is 32.1 Å². The molecule has 0 aliphatic carbocycles. The van der Waals surface area contributed by atoms with Crippen LogP contribution in [-0.4, -0.2) is 4.98 Å². The third-order valence-electron chi connectivity index (χ3n) is 1.61. The van der Waals surface area contributed by atoms with Gasteiger partial charge in [0.05, 0.1) is 0 Å². The Bertz CT molecular complexity index is 286. The van der Waals surface area contributed by atoms with Crippen LogP contribution in [0.15, 0.2) is 6.07 Å². The van der Waals surface area contributed by atoms with Gasteiger partial charge in [0.15, 0.2) is 0 Å². The summed E-state index contributed by atoms with van der Waals surface area (Å²) in [5.41, 5.74) is 1.22. The summed E-state index contributed by atoms with van der Waals surface area (Å²) in [6.07, 6.45) is 4.20. The van der Waals surface area contributed by atoms with Crippen molar-refractivity contribution in [2.75, 3.05) is 0 Å². The number of H-pyrrole nitrogens is 1. The van der Waals surface area contributed by atoms with Crippen LogP contribution >= 0.6 is 0 Å². The van der Waals surface area contributed by atoms with Gasteiger partial charge in [0.25, 0.3) is 0 Å². The SMILES string of the molecule is C/C=c1/cc(C)[nH]/c1=C/C.CC.CC. The van der Waals surface area contributed by atoms with Crippen LogP contribution in [0.1, 0.15) is 47.2 Å². The number of hydrogen-bond donors (Lipinski definition) is 1. The van der Waals surface area contributed by atoms with E-state index in [2.05, 4.69) is 37.0 Å². The zero-order chi connectivity index (χ0) is 11.6. The molecule has 0 amide bonds. The molecule has 0 spiro atoms. The summed E-state index contributed by atoms with van der Waals surface area (Å²) < 4.78 is 0. The monoisotopic (exact) mass is 195 g/mol. The van der Waals surface area contributed by atoms with E-state index in [9.17, 15) is 0 Å². The van der Waals surface area contributed by atoms with E-state index in [1.165, 1.54) is 16.3 Å². The molecule has 1 nitrogen and oxygen atoms in total. The normalized spacial score (nSPS) is 11.4. The van der Waals surface area contributed by atoms with E-state index in [1.807, 2.05) is 34.6 Å². The van der Waals surface area contributed by atoms with Crippen LogP contribution in [0.2, 0.25) is 0 Å². The third-order valence-corrected chi connectivity index (χ3v) is 1.61. The van der Waals surface area contributed by atoms with E-state index >= 15 is 0 Å². The molecule has 0 radical (unpaired) electrons.